The Labute approximate surface area is 195 Å². The first-order valence-electron chi connectivity index (χ1n) is 10.8. The van der Waals surface area contributed by atoms with Gasteiger partial charge < -0.3 is 10.2 Å². The lowest BCUT2D eigenvalue weighted by molar-refractivity contribution is -0.141. The number of benzene rings is 3. The molecule has 0 heterocycles. The predicted molar refractivity (Wildman–Crippen MR) is 130 cm³/mol. The van der Waals surface area contributed by atoms with Gasteiger partial charge in [0.2, 0.25) is 11.8 Å². The maximum absolute atomic E-state index is 13.5. The first-order valence-corrected chi connectivity index (χ1v) is 11.2. The van der Waals surface area contributed by atoms with Gasteiger partial charge in [-0.1, -0.05) is 90.0 Å². The first-order chi connectivity index (χ1) is 15.5. The summed E-state index contributed by atoms with van der Waals surface area (Å²) in [6.07, 6.45) is 1.25. The lowest BCUT2D eigenvalue weighted by Crippen LogP contribution is -2.49. The number of hydrogen-bond acceptors (Lipinski definition) is 2. The third kappa shape index (κ3) is 6.44. The fourth-order valence-electron chi connectivity index (χ4n) is 3.70. The minimum absolute atomic E-state index is 0.0741. The second-order valence-electron chi connectivity index (χ2n) is 7.92. The zero-order valence-corrected chi connectivity index (χ0v) is 19.3. The van der Waals surface area contributed by atoms with Crippen molar-refractivity contribution in [3.8, 4) is 0 Å². The molecule has 1 N–H and O–H groups in total. The van der Waals surface area contributed by atoms with E-state index in [9.17, 15) is 9.59 Å². The molecule has 0 aliphatic heterocycles. The van der Waals surface area contributed by atoms with Crippen molar-refractivity contribution < 1.29 is 9.59 Å². The van der Waals surface area contributed by atoms with Crippen LogP contribution in [0.1, 0.15) is 28.7 Å². The molecular formula is C27H29ClN2O2. The molecule has 32 heavy (non-hydrogen) atoms. The highest BCUT2D eigenvalue weighted by molar-refractivity contribution is 6.31. The monoisotopic (exact) mass is 448 g/mol. The maximum atomic E-state index is 13.5. The van der Waals surface area contributed by atoms with Crippen molar-refractivity contribution in [2.24, 2.45) is 0 Å². The van der Waals surface area contributed by atoms with Crippen LogP contribution >= 0.6 is 11.6 Å². The molecule has 1 unspecified atom stereocenters. The fourth-order valence-corrected chi connectivity index (χ4v) is 3.93. The lowest BCUT2D eigenvalue weighted by atomic mass is 10.0. The molecule has 0 fully saturated rings. The largest absolute Gasteiger partial charge is 0.357 e. The Morgan fingerprint density at radius 2 is 1.56 bits per heavy atom. The van der Waals surface area contributed by atoms with Crippen LogP contribution in [0, 0.1) is 6.92 Å². The van der Waals surface area contributed by atoms with Gasteiger partial charge in [0.05, 0.1) is 0 Å². The van der Waals surface area contributed by atoms with Gasteiger partial charge in [-0.2, -0.15) is 0 Å². The van der Waals surface area contributed by atoms with Crippen molar-refractivity contribution >= 4 is 23.4 Å². The molecule has 0 spiro atoms. The van der Waals surface area contributed by atoms with Crippen molar-refractivity contribution in [1.82, 2.24) is 10.2 Å². The van der Waals surface area contributed by atoms with Crippen LogP contribution in [-0.4, -0.2) is 29.8 Å². The molecule has 3 aromatic rings. The van der Waals surface area contributed by atoms with Crippen LogP contribution in [0.5, 0.6) is 0 Å². The summed E-state index contributed by atoms with van der Waals surface area (Å²) >= 11 is 6.29. The molecule has 0 saturated heterocycles. The molecule has 0 aromatic heterocycles. The number of halogens is 1. The van der Waals surface area contributed by atoms with Gasteiger partial charge in [-0.25, -0.2) is 0 Å². The van der Waals surface area contributed by atoms with Crippen LogP contribution in [0.2, 0.25) is 5.02 Å². The highest BCUT2D eigenvalue weighted by Crippen LogP contribution is 2.20. The van der Waals surface area contributed by atoms with E-state index in [0.717, 1.165) is 22.3 Å². The Morgan fingerprint density at radius 1 is 0.906 bits per heavy atom. The van der Waals surface area contributed by atoms with E-state index < -0.39 is 6.04 Å². The second-order valence-corrected chi connectivity index (χ2v) is 8.33. The van der Waals surface area contributed by atoms with Gasteiger partial charge in [-0.15, -0.1) is 0 Å². The number of likely N-dealkylation sites (N-methyl/N-ethyl adjacent to an activating group) is 1. The number of nitrogens with zero attached hydrogens (tertiary/aromatic N) is 1. The summed E-state index contributed by atoms with van der Waals surface area (Å²) < 4.78 is 0. The third-order valence-corrected chi connectivity index (χ3v) is 5.93. The Balaban J connectivity index is 1.87. The van der Waals surface area contributed by atoms with Gasteiger partial charge in [0, 0.05) is 31.5 Å². The van der Waals surface area contributed by atoms with E-state index in [0.29, 0.717) is 24.4 Å². The topological polar surface area (TPSA) is 49.4 Å². The molecule has 166 valence electrons. The number of aryl methyl sites for hydroxylation is 2. The lowest BCUT2D eigenvalue weighted by Gasteiger charge is -2.31. The van der Waals surface area contributed by atoms with E-state index in [2.05, 4.69) is 5.32 Å². The molecule has 0 radical (unpaired) electrons. The SMILES string of the molecule is CNC(=O)C(Cc1ccccc1)N(Cc1ccc(C)cc1)C(=O)CCc1ccccc1Cl. The summed E-state index contributed by atoms with van der Waals surface area (Å²) in [5.74, 6) is -0.248. The van der Waals surface area contributed by atoms with Crippen molar-refractivity contribution in [2.45, 2.75) is 38.8 Å². The highest BCUT2D eigenvalue weighted by Gasteiger charge is 2.29. The molecule has 0 aliphatic carbocycles. The molecule has 3 rings (SSSR count). The smallest absolute Gasteiger partial charge is 0.242 e. The molecule has 5 heteroatoms. The minimum atomic E-state index is -0.609. The van der Waals surface area contributed by atoms with Crippen LogP contribution in [0.15, 0.2) is 78.9 Å². The standard InChI is InChI=1S/C27H29ClN2O2/c1-20-12-14-22(15-13-20)19-30(26(31)17-16-23-10-6-7-11-24(23)28)25(27(32)29-2)18-21-8-4-3-5-9-21/h3-15,25H,16-19H2,1-2H3,(H,29,32). The zero-order valence-electron chi connectivity index (χ0n) is 18.6. The Kier molecular flexibility index (Phi) is 8.46. The third-order valence-electron chi connectivity index (χ3n) is 5.56. The summed E-state index contributed by atoms with van der Waals surface area (Å²) in [6.45, 7) is 2.39. The maximum Gasteiger partial charge on any atom is 0.242 e. The van der Waals surface area contributed by atoms with Gasteiger partial charge in [0.25, 0.3) is 0 Å². The van der Waals surface area contributed by atoms with Gasteiger partial charge >= 0.3 is 0 Å². The Bertz CT molecular complexity index is 1040. The molecule has 0 bridgehead atoms. The fraction of sp³-hybridized carbons (Fsp3) is 0.259. The number of amides is 2. The van der Waals surface area contributed by atoms with E-state index in [-0.39, 0.29) is 18.2 Å². The molecule has 3 aromatic carbocycles. The van der Waals surface area contributed by atoms with Gasteiger partial charge in [-0.05, 0) is 36.1 Å². The highest BCUT2D eigenvalue weighted by atomic mass is 35.5. The van der Waals surface area contributed by atoms with Crippen LogP contribution < -0.4 is 5.32 Å². The number of carbonyl (C=O) groups is 2. The average molecular weight is 449 g/mol. The van der Waals surface area contributed by atoms with Crippen molar-refractivity contribution in [3.63, 3.8) is 0 Å². The Morgan fingerprint density at radius 3 is 2.22 bits per heavy atom. The van der Waals surface area contributed by atoms with E-state index in [1.165, 1.54) is 0 Å². The zero-order chi connectivity index (χ0) is 22.9. The molecule has 0 aliphatic rings. The van der Waals surface area contributed by atoms with Gasteiger partial charge in [0.15, 0.2) is 0 Å². The Hall–Kier alpha value is -3.11. The number of nitrogens with one attached hydrogen (secondary N) is 1. The van der Waals surface area contributed by atoms with E-state index >= 15 is 0 Å². The van der Waals surface area contributed by atoms with Crippen LogP contribution in [0.25, 0.3) is 0 Å². The van der Waals surface area contributed by atoms with Crippen LogP contribution in [-0.2, 0) is 29.0 Å². The van der Waals surface area contributed by atoms with Gasteiger partial charge in [0.1, 0.15) is 6.04 Å². The number of carbonyl (C=O) groups excluding carboxylic acids is 2. The van der Waals surface area contributed by atoms with Crippen molar-refractivity contribution in [3.05, 3.63) is 106 Å². The molecule has 0 saturated carbocycles. The molecule has 4 nitrogen and oxygen atoms in total. The molecule has 1 atom stereocenters. The van der Waals surface area contributed by atoms with E-state index in [1.54, 1.807) is 11.9 Å². The molecule has 2 amide bonds. The first kappa shape index (κ1) is 23.6. The average Bonchev–Trinajstić information content (AvgIpc) is 2.82. The summed E-state index contributed by atoms with van der Waals surface area (Å²) in [5.41, 5.74) is 4.08. The van der Waals surface area contributed by atoms with Crippen LogP contribution in [0.4, 0.5) is 0 Å². The number of hydrogen-bond donors (Lipinski definition) is 1. The van der Waals surface area contributed by atoms with E-state index in [4.69, 9.17) is 11.6 Å². The van der Waals surface area contributed by atoms with Crippen molar-refractivity contribution in [1.29, 1.82) is 0 Å². The van der Waals surface area contributed by atoms with Crippen molar-refractivity contribution in [2.75, 3.05) is 7.05 Å². The van der Waals surface area contributed by atoms with Gasteiger partial charge in [-0.3, -0.25) is 9.59 Å². The summed E-state index contributed by atoms with van der Waals surface area (Å²) in [7, 11) is 1.61. The quantitative estimate of drug-likeness (QED) is 0.502. The predicted octanol–water partition coefficient (Wildman–Crippen LogP) is 4.97. The minimum Gasteiger partial charge on any atom is -0.357 e. The van der Waals surface area contributed by atoms with Crippen LogP contribution in [0.3, 0.4) is 0 Å². The summed E-state index contributed by atoms with van der Waals surface area (Å²) in [4.78, 5) is 28.1. The normalized spacial score (nSPS) is 11.6. The second kappa shape index (κ2) is 11.5. The summed E-state index contributed by atoms with van der Waals surface area (Å²) in [5, 5.41) is 3.40. The molecular weight excluding hydrogens is 420 g/mol. The van der Waals surface area contributed by atoms with E-state index in [1.807, 2.05) is 85.8 Å². The number of rotatable bonds is 9. The summed E-state index contributed by atoms with van der Waals surface area (Å²) in [6, 6.07) is 24.8.